The van der Waals surface area contributed by atoms with Gasteiger partial charge in [0.2, 0.25) is 0 Å². The van der Waals surface area contributed by atoms with Crippen LogP contribution in [0.4, 0.5) is 0 Å². The summed E-state index contributed by atoms with van der Waals surface area (Å²) in [5.41, 5.74) is -0.239. The van der Waals surface area contributed by atoms with Crippen LogP contribution < -0.4 is 0 Å². The maximum Gasteiger partial charge on any atom is 0.302 e. The first-order chi connectivity index (χ1) is 14.4. The van der Waals surface area contributed by atoms with Gasteiger partial charge in [-0.1, -0.05) is 29.8 Å². The lowest BCUT2D eigenvalue weighted by molar-refractivity contribution is -0.165. The Bertz CT molecular complexity index is 782. The van der Waals surface area contributed by atoms with E-state index >= 15 is 0 Å². The molecule has 0 aliphatic heterocycles. The molecule has 0 aromatic heterocycles. The first-order valence-electron chi connectivity index (χ1n) is 12.0. The first-order valence-corrected chi connectivity index (χ1v) is 12.8. The minimum atomic E-state index is -0.506. The summed E-state index contributed by atoms with van der Waals surface area (Å²) in [5, 5.41) is 0. The van der Waals surface area contributed by atoms with E-state index in [1.54, 1.807) is 0 Å². The summed E-state index contributed by atoms with van der Waals surface area (Å²) in [4.78, 5) is 37.0. The second kappa shape index (κ2) is 7.85. The Morgan fingerprint density at radius 3 is 2.35 bits per heavy atom. The number of halogens is 1. The summed E-state index contributed by atoms with van der Waals surface area (Å²) in [7, 11) is 0. The molecule has 174 valence electrons. The van der Waals surface area contributed by atoms with Gasteiger partial charge in [-0.15, -0.1) is 0 Å². The van der Waals surface area contributed by atoms with Crippen LogP contribution in [-0.2, 0) is 23.9 Å². The first kappa shape index (κ1) is 23.3. The van der Waals surface area contributed by atoms with Gasteiger partial charge in [0.15, 0.2) is 5.78 Å². The van der Waals surface area contributed by atoms with Crippen molar-refractivity contribution in [2.75, 3.05) is 0 Å². The number of fused-ring (bicyclic) bond motifs is 5. The highest BCUT2D eigenvalue weighted by Crippen LogP contribution is 2.71. The van der Waals surface area contributed by atoms with Crippen LogP contribution in [0.5, 0.6) is 0 Å². The molecule has 0 aromatic rings. The maximum absolute atomic E-state index is 14.0. The Labute approximate surface area is 194 Å². The minimum Gasteiger partial charge on any atom is -0.463 e. The Morgan fingerprint density at radius 2 is 1.71 bits per heavy atom. The summed E-state index contributed by atoms with van der Waals surface area (Å²) in [6.07, 6.45) is 7.17. The van der Waals surface area contributed by atoms with E-state index in [2.05, 4.69) is 29.8 Å². The molecule has 0 radical (unpaired) electrons. The molecule has 4 aliphatic carbocycles. The molecule has 4 aliphatic rings. The fourth-order valence-electron chi connectivity index (χ4n) is 8.43. The summed E-state index contributed by atoms with van der Waals surface area (Å²) in [6, 6.07) is 0. The molecule has 0 amide bonds. The van der Waals surface area contributed by atoms with Gasteiger partial charge in [-0.25, -0.2) is 0 Å². The molecule has 0 bridgehead atoms. The molecular formula is C25H37BrO5. The van der Waals surface area contributed by atoms with Gasteiger partial charge < -0.3 is 9.47 Å². The fraction of sp³-hybridized carbons (Fsp3) is 0.880. The van der Waals surface area contributed by atoms with Crippen LogP contribution in [-0.4, -0.2) is 34.3 Å². The predicted octanol–water partition coefficient (Wildman–Crippen LogP) is 5.23. The summed E-state index contributed by atoms with van der Waals surface area (Å²) < 4.78 is 10.6. The Morgan fingerprint density at radius 1 is 1.03 bits per heavy atom. The van der Waals surface area contributed by atoms with Gasteiger partial charge in [-0.05, 0) is 80.5 Å². The third kappa shape index (κ3) is 3.41. The van der Waals surface area contributed by atoms with E-state index in [0.717, 1.165) is 44.9 Å². The number of hydrogen-bond acceptors (Lipinski definition) is 5. The lowest BCUT2D eigenvalue weighted by Gasteiger charge is -2.64. The van der Waals surface area contributed by atoms with Gasteiger partial charge in [0.1, 0.15) is 12.2 Å². The van der Waals surface area contributed by atoms with Crippen molar-refractivity contribution < 1.29 is 23.9 Å². The van der Waals surface area contributed by atoms with E-state index in [-0.39, 0.29) is 40.9 Å². The van der Waals surface area contributed by atoms with Crippen LogP contribution in [0, 0.1) is 34.5 Å². The van der Waals surface area contributed by atoms with Crippen LogP contribution in [0.1, 0.15) is 86.0 Å². The summed E-state index contributed by atoms with van der Waals surface area (Å²) in [5.74, 6) is 1.25. The molecule has 0 N–H and O–H groups in total. The van der Waals surface area contributed by atoms with E-state index < -0.39 is 4.32 Å². The zero-order valence-electron chi connectivity index (χ0n) is 19.5. The van der Waals surface area contributed by atoms with Crippen LogP contribution in [0.3, 0.4) is 0 Å². The van der Waals surface area contributed by atoms with E-state index in [9.17, 15) is 14.4 Å². The van der Waals surface area contributed by atoms with Crippen LogP contribution >= 0.6 is 15.9 Å². The van der Waals surface area contributed by atoms with Gasteiger partial charge in [0.25, 0.3) is 0 Å². The fourth-order valence-corrected chi connectivity index (χ4v) is 9.64. The topological polar surface area (TPSA) is 69.7 Å². The number of carbonyl (C=O) groups excluding carboxylic acids is 3. The average molecular weight is 497 g/mol. The monoisotopic (exact) mass is 496 g/mol. The molecule has 6 heteroatoms. The molecular weight excluding hydrogens is 460 g/mol. The van der Waals surface area contributed by atoms with Gasteiger partial charge >= 0.3 is 11.9 Å². The number of carbonyl (C=O) groups is 3. The zero-order chi connectivity index (χ0) is 22.8. The molecule has 0 heterocycles. The molecule has 4 rings (SSSR count). The number of ether oxygens (including phenoxy) is 2. The molecule has 5 nitrogen and oxygen atoms in total. The quantitative estimate of drug-likeness (QED) is 0.395. The van der Waals surface area contributed by atoms with E-state index in [1.807, 2.05) is 6.92 Å². The summed E-state index contributed by atoms with van der Waals surface area (Å²) >= 11 is 4.12. The third-order valence-corrected chi connectivity index (χ3v) is 11.7. The second-order valence-corrected chi connectivity index (χ2v) is 12.5. The zero-order valence-corrected chi connectivity index (χ0v) is 21.1. The largest absolute Gasteiger partial charge is 0.463 e. The van der Waals surface area contributed by atoms with Crippen LogP contribution in [0.2, 0.25) is 0 Å². The smallest absolute Gasteiger partial charge is 0.302 e. The molecule has 9 atom stereocenters. The van der Waals surface area contributed by atoms with Crippen molar-refractivity contribution >= 4 is 33.7 Å². The van der Waals surface area contributed by atoms with Crippen molar-refractivity contribution in [1.82, 2.24) is 0 Å². The van der Waals surface area contributed by atoms with Crippen molar-refractivity contribution in [3.8, 4) is 0 Å². The van der Waals surface area contributed by atoms with Crippen LogP contribution in [0.25, 0.3) is 0 Å². The maximum atomic E-state index is 14.0. The molecule has 31 heavy (non-hydrogen) atoms. The number of Topliss-reactive ketones (excluding diaryl/α,β-unsaturated/α-hetero) is 1. The Balaban J connectivity index is 1.62. The molecule has 0 saturated heterocycles. The number of hydrogen-bond donors (Lipinski definition) is 0. The Hall–Kier alpha value is -0.910. The number of alkyl halides is 1. The highest BCUT2D eigenvalue weighted by molar-refractivity contribution is 9.10. The third-order valence-electron chi connectivity index (χ3n) is 9.77. The van der Waals surface area contributed by atoms with Gasteiger partial charge in [0, 0.05) is 26.2 Å². The van der Waals surface area contributed by atoms with Crippen molar-refractivity contribution in [2.45, 2.75) is 103 Å². The van der Waals surface area contributed by atoms with E-state index in [4.69, 9.17) is 9.47 Å². The van der Waals surface area contributed by atoms with E-state index in [1.165, 1.54) is 13.8 Å². The van der Waals surface area contributed by atoms with Crippen molar-refractivity contribution in [3.05, 3.63) is 0 Å². The Kier molecular flexibility index (Phi) is 5.89. The lowest BCUT2D eigenvalue weighted by Crippen LogP contribution is -2.67. The molecule has 4 fully saturated rings. The highest BCUT2D eigenvalue weighted by Gasteiger charge is 2.70. The number of ketones is 1. The SMILES string of the molecule is CC(=O)O[C@@H]1CC[C@]2(C)[C@@H](CC[C@@H]3[C@@H]4CC[C@H]([C@@H](C)OC(C)=O)[C@@]4(C)CC(=O)[C@@]32Br)C1. The van der Waals surface area contributed by atoms with Crippen molar-refractivity contribution in [1.29, 1.82) is 0 Å². The highest BCUT2D eigenvalue weighted by atomic mass is 79.9. The van der Waals surface area contributed by atoms with E-state index in [0.29, 0.717) is 30.0 Å². The molecule has 0 unspecified atom stereocenters. The lowest BCUT2D eigenvalue weighted by atomic mass is 9.44. The molecule has 4 saturated carbocycles. The van der Waals surface area contributed by atoms with Crippen molar-refractivity contribution in [3.63, 3.8) is 0 Å². The molecule has 0 spiro atoms. The second-order valence-electron chi connectivity index (χ2n) is 11.2. The number of esters is 2. The normalized spacial score (nSPS) is 47.5. The number of rotatable bonds is 3. The minimum absolute atomic E-state index is 0.0207. The van der Waals surface area contributed by atoms with Crippen LogP contribution in [0.15, 0.2) is 0 Å². The predicted molar refractivity (Wildman–Crippen MR) is 121 cm³/mol. The molecule has 0 aromatic carbocycles. The van der Waals surface area contributed by atoms with Crippen molar-refractivity contribution in [2.24, 2.45) is 34.5 Å². The summed E-state index contributed by atoms with van der Waals surface area (Å²) in [6.45, 7) is 9.52. The standard InChI is InChI=1S/C25H37BrO5/c1-14(30-15(2)27)19-8-9-20-21-7-6-17-12-18(31-16(3)28)10-11-24(17,5)25(21,26)22(29)13-23(19,20)4/h14,17-21H,6-13H2,1-5H3/t14-,17+,18-,19-,20+,21-,23-,24-,25+/m1/s1. The van der Waals surface area contributed by atoms with Gasteiger partial charge in [0.05, 0.1) is 4.32 Å². The average Bonchev–Trinajstić information content (AvgIpc) is 2.99. The van der Waals surface area contributed by atoms with Gasteiger partial charge in [-0.3, -0.25) is 14.4 Å². The van der Waals surface area contributed by atoms with Gasteiger partial charge in [-0.2, -0.15) is 0 Å².